The average Bonchev–Trinajstić information content (AvgIpc) is 3.11. The predicted molar refractivity (Wildman–Crippen MR) is 97.0 cm³/mol. The minimum Gasteiger partial charge on any atom is -0.368 e. The highest BCUT2D eigenvalue weighted by Gasteiger charge is 2.54. The van der Waals surface area contributed by atoms with Crippen molar-refractivity contribution in [1.82, 2.24) is 19.8 Å². The number of hydrogen-bond acceptors (Lipinski definition) is 5. The number of nitrogen functional groups attached to an aromatic ring is 1. The standard InChI is InChI=1S/C19H27N5O2/c1-18(2)10-19(3,11-18)16(26)24-8-13-6-23(7-14(13)9-24)15(25)12-4-21-17(20)22-5-12/h4-5,13-14H,6-11H2,1-3H3,(H2,20,21,22)/t13-,14+. The number of carbonyl (C=O) groups excluding carboxylic acids is 2. The lowest BCUT2D eigenvalue weighted by Gasteiger charge is -2.51. The second-order valence-corrected chi connectivity index (χ2v) is 9.35. The third-order valence-electron chi connectivity index (χ3n) is 6.23. The number of rotatable bonds is 2. The highest BCUT2D eigenvalue weighted by atomic mass is 16.2. The lowest BCUT2D eigenvalue weighted by molar-refractivity contribution is -0.153. The molecule has 2 amide bonds. The number of likely N-dealkylation sites (tertiary alicyclic amines) is 2. The van der Waals surface area contributed by atoms with Crippen molar-refractivity contribution in [2.24, 2.45) is 22.7 Å². The van der Waals surface area contributed by atoms with E-state index in [0.717, 1.165) is 25.9 Å². The highest BCUT2D eigenvalue weighted by Crippen LogP contribution is 2.55. The maximum absolute atomic E-state index is 13.0. The molecule has 0 unspecified atom stereocenters. The molecule has 140 valence electrons. The molecule has 2 aliphatic heterocycles. The van der Waals surface area contributed by atoms with Crippen LogP contribution in [-0.2, 0) is 4.79 Å². The molecule has 7 nitrogen and oxygen atoms in total. The summed E-state index contributed by atoms with van der Waals surface area (Å²) in [5.74, 6) is 1.16. The Morgan fingerprint density at radius 2 is 1.50 bits per heavy atom. The van der Waals surface area contributed by atoms with Gasteiger partial charge in [0.2, 0.25) is 11.9 Å². The smallest absolute Gasteiger partial charge is 0.257 e. The fourth-order valence-electron chi connectivity index (χ4n) is 5.55. The number of hydrogen-bond donors (Lipinski definition) is 1. The Morgan fingerprint density at radius 1 is 1.00 bits per heavy atom. The van der Waals surface area contributed by atoms with E-state index < -0.39 is 0 Å². The summed E-state index contributed by atoms with van der Waals surface area (Å²) in [5.41, 5.74) is 6.04. The third-order valence-corrected chi connectivity index (χ3v) is 6.23. The SMILES string of the molecule is CC1(C)CC(C)(C(=O)N2C[C@H]3CN(C(=O)c4cnc(N)nc4)C[C@H]3C2)C1. The fraction of sp³-hybridized carbons (Fsp3) is 0.684. The third kappa shape index (κ3) is 2.83. The largest absolute Gasteiger partial charge is 0.368 e. The van der Waals surface area contributed by atoms with Gasteiger partial charge in [-0.25, -0.2) is 9.97 Å². The Balaban J connectivity index is 1.36. The van der Waals surface area contributed by atoms with Crippen molar-refractivity contribution in [3.05, 3.63) is 18.0 Å². The number of anilines is 1. The van der Waals surface area contributed by atoms with Crippen LogP contribution in [0, 0.1) is 22.7 Å². The molecule has 2 saturated heterocycles. The molecular weight excluding hydrogens is 330 g/mol. The molecule has 4 rings (SSSR count). The molecule has 3 heterocycles. The molecule has 7 heteroatoms. The Bertz CT molecular complexity index is 723. The summed E-state index contributed by atoms with van der Waals surface area (Å²) < 4.78 is 0. The number of aromatic nitrogens is 2. The molecule has 1 aliphatic carbocycles. The zero-order valence-corrected chi connectivity index (χ0v) is 15.7. The van der Waals surface area contributed by atoms with Crippen LogP contribution in [0.3, 0.4) is 0 Å². The lowest BCUT2D eigenvalue weighted by atomic mass is 9.55. The van der Waals surface area contributed by atoms with Gasteiger partial charge < -0.3 is 15.5 Å². The summed E-state index contributed by atoms with van der Waals surface area (Å²) in [6.45, 7) is 9.48. The molecule has 0 aromatic carbocycles. The fourth-order valence-corrected chi connectivity index (χ4v) is 5.55. The zero-order valence-electron chi connectivity index (χ0n) is 15.7. The minimum atomic E-state index is -0.195. The molecular formula is C19H27N5O2. The maximum Gasteiger partial charge on any atom is 0.257 e. The minimum absolute atomic E-state index is 0.0509. The van der Waals surface area contributed by atoms with Crippen LogP contribution in [0.5, 0.6) is 0 Å². The highest BCUT2D eigenvalue weighted by molar-refractivity contribution is 5.94. The van der Waals surface area contributed by atoms with Gasteiger partial charge >= 0.3 is 0 Å². The normalized spacial score (nSPS) is 28.6. The van der Waals surface area contributed by atoms with Gasteiger partial charge in [-0.3, -0.25) is 9.59 Å². The van der Waals surface area contributed by atoms with Gasteiger partial charge in [-0.15, -0.1) is 0 Å². The van der Waals surface area contributed by atoms with E-state index in [4.69, 9.17) is 5.73 Å². The first-order valence-corrected chi connectivity index (χ1v) is 9.33. The molecule has 1 aromatic heterocycles. The average molecular weight is 357 g/mol. The summed E-state index contributed by atoms with van der Waals surface area (Å²) in [6, 6.07) is 0. The summed E-state index contributed by atoms with van der Waals surface area (Å²) in [5, 5.41) is 0. The van der Waals surface area contributed by atoms with Gasteiger partial charge in [-0.1, -0.05) is 20.8 Å². The Morgan fingerprint density at radius 3 is 2.00 bits per heavy atom. The second-order valence-electron chi connectivity index (χ2n) is 9.35. The second kappa shape index (κ2) is 5.66. The Labute approximate surface area is 154 Å². The van der Waals surface area contributed by atoms with E-state index in [1.165, 1.54) is 12.4 Å². The first kappa shape index (κ1) is 17.2. The first-order chi connectivity index (χ1) is 12.2. The van der Waals surface area contributed by atoms with Crippen LogP contribution in [-0.4, -0.2) is 57.8 Å². The molecule has 26 heavy (non-hydrogen) atoms. The van der Waals surface area contributed by atoms with Crippen molar-refractivity contribution in [3.63, 3.8) is 0 Å². The van der Waals surface area contributed by atoms with Gasteiger partial charge in [-0.05, 0) is 18.3 Å². The topological polar surface area (TPSA) is 92.4 Å². The van der Waals surface area contributed by atoms with Gasteiger partial charge in [0.1, 0.15) is 0 Å². The summed E-state index contributed by atoms with van der Waals surface area (Å²) in [4.78, 5) is 37.3. The van der Waals surface area contributed by atoms with Crippen molar-refractivity contribution >= 4 is 17.8 Å². The van der Waals surface area contributed by atoms with E-state index >= 15 is 0 Å². The summed E-state index contributed by atoms with van der Waals surface area (Å²) >= 11 is 0. The maximum atomic E-state index is 13.0. The van der Waals surface area contributed by atoms with Crippen molar-refractivity contribution in [2.75, 3.05) is 31.9 Å². The zero-order chi connectivity index (χ0) is 18.7. The predicted octanol–water partition coefficient (Wildman–Crippen LogP) is 1.42. The molecule has 0 radical (unpaired) electrons. The number of fused-ring (bicyclic) bond motifs is 1. The van der Waals surface area contributed by atoms with Crippen molar-refractivity contribution < 1.29 is 9.59 Å². The van der Waals surface area contributed by atoms with E-state index in [0.29, 0.717) is 36.4 Å². The molecule has 3 aliphatic rings. The van der Waals surface area contributed by atoms with Crippen LogP contribution in [0.1, 0.15) is 44.0 Å². The lowest BCUT2D eigenvalue weighted by Crippen LogP contribution is -2.52. The van der Waals surface area contributed by atoms with Crippen LogP contribution in [0.4, 0.5) is 5.95 Å². The molecule has 0 bridgehead atoms. The first-order valence-electron chi connectivity index (χ1n) is 9.33. The van der Waals surface area contributed by atoms with Crippen LogP contribution in [0.15, 0.2) is 12.4 Å². The van der Waals surface area contributed by atoms with Crippen molar-refractivity contribution in [3.8, 4) is 0 Å². The summed E-state index contributed by atoms with van der Waals surface area (Å²) in [7, 11) is 0. The summed E-state index contributed by atoms with van der Waals surface area (Å²) in [6.07, 6.45) is 4.89. The van der Waals surface area contributed by atoms with Gasteiger partial charge in [0, 0.05) is 55.8 Å². The van der Waals surface area contributed by atoms with E-state index in [1.807, 2.05) is 9.80 Å². The monoisotopic (exact) mass is 357 g/mol. The van der Waals surface area contributed by atoms with Crippen LogP contribution in [0.2, 0.25) is 0 Å². The Kier molecular flexibility index (Phi) is 3.75. The molecule has 0 spiro atoms. The Hall–Kier alpha value is -2.18. The molecule has 1 aromatic rings. The molecule has 3 fully saturated rings. The molecule has 1 saturated carbocycles. The van der Waals surface area contributed by atoms with Gasteiger partial charge in [0.15, 0.2) is 0 Å². The number of nitrogens with two attached hydrogens (primary N) is 1. The van der Waals surface area contributed by atoms with Crippen LogP contribution >= 0.6 is 0 Å². The van der Waals surface area contributed by atoms with E-state index in [9.17, 15) is 9.59 Å². The number of carbonyl (C=O) groups is 2. The van der Waals surface area contributed by atoms with Crippen molar-refractivity contribution in [2.45, 2.75) is 33.6 Å². The number of amides is 2. The quantitative estimate of drug-likeness (QED) is 0.864. The van der Waals surface area contributed by atoms with Crippen molar-refractivity contribution in [1.29, 1.82) is 0 Å². The van der Waals surface area contributed by atoms with E-state index in [-0.39, 0.29) is 22.7 Å². The van der Waals surface area contributed by atoms with E-state index in [1.54, 1.807) is 0 Å². The molecule has 2 N–H and O–H groups in total. The van der Waals surface area contributed by atoms with E-state index in [2.05, 4.69) is 30.7 Å². The van der Waals surface area contributed by atoms with Gasteiger partial charge in [0.05, 0.1) is 5.56 Å². The van der Waals surface area contributed by atoms with Gasteiger partial charge in [0.25, 0.3) is 5.91 Å². The molecule has 2 atom stereocenters. The van der Waals surface area contributed by atoms with Crippen LogP contribution in [0.25, 0.3) is 0 Å². The van der Waals surface area contributed by atoms with Gasteiger partial charge in [-0.2, -0.15) is 0 Å². The number of nitrogens with zero attached hydrogens (tertiary/aromatic N) is 4. The van der Waals surface area contributed by atoms with Crippen LogP contribution < -0.4 is 5.73 Å².